The Morgan fingerprint density at radius 2 is 2.10 bits per heavy atom. The number of likely N-dealkylation sites (tertiary alicyclic amines) is 1. The lowest BCUT2D eigenvalue weighted by Crippen LogP contribution is -2.39. The fourth-order valence-electron chi connectivity index (χ4n) is 3.92. The minimum Gasteiger partial charge on any atom is -0.345 e. The SMILES string of the molecule is Cc1cccc(CN(C)[C@H]2C[C@H]3CC(=O)N(C)C[C@H]3C2)n1. The van der Waals surface area contributed by atoms with Gasteiger partial charge in [0, 0.05) is 38.3 Å². The van der Waals surface area contributed by atoms with Crippen LogP contribution in [0.5, 0.6) is 0 Å². The molecule has 21 heavy (non-hydrogen) atoms. The average Bonchev–Trinajstić information content (AvgIpc) is 2.82. The number of piperidine rings is 1. The van der Waals surface area contributed by atoms with Crippen molar-refractivity contribution in [3.05, 3.63) is 29.6 Å². The Balaban J connectivity index is 1.62. The molecule has 1 saturated carbocycles. The van der Waals surface area contributed by atoms with Crippen LogP contribution in [0.25, 0.3) is 0 Å². The number of aromatic nitrogens is 1. The molecule has 1 aliphatic carbocycles. The topological polar surface area (TPSA) is 36.4 Å². The zero-order valence-electron chi connectivity index (χ0n) is 13.2. The fraction of sp³-hybridized carbons (Fsp3) is 0.647. The minimum absolute atomic E-state index is 0.319. The minimum atomic E-state index is 0.319. The second kappa shape index (κ2) is 5.76. The number of amides is 1. The summed E-state index contributed by atoms with van der Waals surface area (Å²) < 4.78 is 0. The smallest absolute Gasteiger partial charge is 0.222 e. The summed E-state index contributed by atoms with van der Waals surface area (Å²) in [6.45, 7) is 3.88. The van der Waals surface area contributed by atoms with Crippen molar-refractivity contribution in [3.63, 3.8) is 0 Å². The summed E-state index contributed by atoms with van der Waals surface area (Å²) in [5, 5.41) is 0. The van der Waals surface area contributed by atoms with E-state index in [1.54, 1.807) is 0 Å². The molecule has 2 heterocycles. The van der Waals surface area contributed by atoms with Crippen molar-refractivity contribution in [1.82, 2.24) is 14.8 Å². The van der Waals surface area contributed by atoms with Crippen molar-refractivity contribution in [1.29, 1.82) is 0 Å². The van der Waals surface area contributed by atoms with E-state index < -0.39 is 0 Å². The number of aryl methyl sites for hydroxylation is 1. The molecule has 3 atom stereocenters. The van der Waals surface area contributed by atoms with Gasteiger partial charge in [0.25, 0.3) is 0 Å². The van der Waals surface area contributed by atoms with Gasteiger partial charge in [-0.15, -0.1) is 0 Å². The van der Waals surface area contributed by atoms with Crippen LogP contribution in [-0.4, -0.2) is 47.4 Å². The first kappa shape index (κ1) is 14.5. The number of carbonyl (C=O) groups excluding carboxylic acids is 1. The van der Waals surface area contributed by atoms with Gasteiger partial charge < -0.3 is 4.90 Å². The summed E-state index contributed by atoms with van der Waals surface area (Å²) in [7, 11) is 4.13. The molecule has 1 aromatic rings. The third kappa shape index (κ3) is 3.10. The predicted octanol–water partition coefficient (Wildman–Crippen LogP) is 2.08. The molecule has 0 bridgehead atoms. The molecule has 4 nitrogen and oxygen atoms in total. The zero-order chi connectivity index (χ0) is 15.0. The van der Waals surface area contributed by atoms with Crippen LogP contribution in [-0.2, 0) is 11.3 Å². The fourth-order valence-corrected chi connectivity index (χ4v) is 3.92. The Hall–Kier alpha value is -1.42. The van der Waals surface area contributed by atoms with Crippen LogP contribution in [0.1, 0.15) is 30.7 Å². The van der Waals surface area contributed by atoms with E-state index in [9.17, 15) is 4.79 Å². The van der Waals surface area contributed by atoms with Gasteiger partial charge in [0.1, 0.15) is 0 Å². The van der Waals surface area contributed by atoms with Crippen molar-refractivity contribution >= 4 is 5.91 Å². The summed E-state index contributed by atoms with van der Waals surface area (Å²) in [5.41, 5.74) is 2.22. The summed E-state index contributed by atoms with van der Waals surface area (Å²) in [6.07, 6.45) is 3.12. The molecule has 0 unspecified atom stereocenters. The first-order valence-electron chi connectivity index (χ1n) is 7.89. The second-order valence-electron chi connectivity index (χ2n) is 6.81. The lowest BCUT2D eigenvalue weighted by atomic mass is 9.88. The van der Waals surface area contributed by atoms with Crippen molar-refractivity contribution < 1.29 is 4.79 Å². The van der Waals surface area contributed by atoms with E-state index in [0.29, 0.717) is 23.8 Å². The Labute approximate surface area is 127 Å². The molecule has 1 amide bonds. The number of carbonyl (C=O) groups is 1. The van der Waals surface area contributed by atoms with Crippen LogP contribution in [0.3, 0.4) is 0 Å². The predicted molar refractivity (Wildman–Crippen MR) is 82.7 cm³/mol. The van der Waals surface area contributed by atoms with Crippen molar-refractivity contribution in [2.75, 3.05) is 20.6 Å². The quantitative estimate of drug-likeness (QED) is 0.854. The molecule has 3 rings (SSSR count). The zero-order valence-corrected chi connectivity index (χ0v) is 13.2. The van der Waals surface area contributed by atoms with Gasteiger partial charge in [-0.2, -0.15) is 0 Å². The number of pyridine rings is 1. The maximum Gasteiger partial charge on any atom is 0.222 e. The molecule has 0 N–H and O–H groups in total. The van der Waals surface area contributed by atoms with E-state index in [2.05, 4.69) is 29.1 Å². The van der Waals surface area contributed by atoms with Crippen molar-refractivity contribution in [3.8, 4) is 0 Å². The molecule has 2 aliphatic rings. The Bertz CT molecular complexity index is 531. The van der Waals surface area contributed by atoms with Gasteiger partial charge in [0.2, 0.25) is 5.91 Å². The maximum absolute atomic E-state index is 11.8. The normalized spacial score (nSPS) is 29.0. The highest BCUT2D eigenvalue weighted by atomic mass is 16.2. The number of nitrogens with zero attached hydrogens (tertiary/aromatic N) is 3. The number of rotatable bonds is 3. The monoisotopic (exact) mass is 287 g/mol. The summed E-state index contributed by atoms with van der Waals surface area (Å²) in [5.74, 6) is 1.59. The molecular weight excluding hydrogens is 262 g/mol. The van der Waals surface area contributed by atoms with Gasteiger partial charge in [0.15, 0.2) is 0 Å². The third-order valence-electron chi connectivity index (χ3n) is 5.17. The first-order valence-corrected chi connectivity index (χ1v) is 7.89. The van der Waals surface area contributed by atoms with Gasteiger partial charge >= 0.3 is 0 Å². The van der Waals surface area contributed by atoms with E-state index in [-0.39, 0.29) is 0 Å². The molecule has 114 valence electrons. The molecule has 4 heteroatoms. The summed E-state index contributed by atoms with van der Waals surface area (Å²) in [6, 6.07) is 6.80. The van der Waals surface area contributed by atoms with E-state index in [0.717, 1.165) is 37.3 Å². The molecule has 0 spiro atoms. The lowest BCUT2D eigenvalue weighted by Gasteiger charge is -2.31. The van der Waals surface area contributed by atoms with E-state index in [1.807, 2.05) is 24.9 Å². The third-order valence-corrected chi connectivity index (χ3v) is 5.17. The highest BCUT2D eigenvalue weighted by molar-refractivity contribution is 5.77. The molecule has 1 aromatic heterocycles. The Morgan fingerprint density at radius 1 is 1.33 bits per heavy atom. The standard InChI is InChI=1S/C17H25N3O/c1-12-5-4-6-15(18-12)11-19(2)16-7-13-9-17(21)20(3)10-14(13)8-16/h4-6,13-14,16H,7-11H2,1-3H3/t13-,14+,16-/m0/s1. The van der Waals surface area contributed by atoms with Gasteiger partial charge in [-0.3, -0.25) is 14.7 Å². The van der Waals surface area contributed by atoms with E-state index in [4.69, 9.17) is 0 Å². The molecular formula is C17H25N3O. The van der Waals surface area contributed by atoms with Crippen LogP contribution in [0.2, 0.25) is 0 Å². The maximum atomic E-state index is 11.8. The highest BCUT2D eigenvalue weighted by Crippen LogP contribution is 2.40. The Kier molecular flexibility index (Phi) is 3.98. The first-order chi connectivity index (χ1) is 10.0. The van der Waals surface area contributed by atoms with Crippen LogP contribution in [0.15, 0.2) is 18.2 Å². The van der Waals surface area contributed by atoms with Crippen LogP contribution in [0.4, 0.5) is 0 Å². The lowest BCUT2D eigenvalue weighted by molar-refractivity contribution is -0.134. The molecule has 0 aromatic carbocycles. The van der Waals surface area contributed by atoms with Gasteiger partial charge in [0.05, 0.1) is 5.69 Å². The number of hydrogen-bond acceptors (Lipinski definition) is 3. The van der Waals surface area contributed by atoms with E-state index in [1.165, 1.54) is 6.42 Å². The van der Waals surface area contributed by atoms with Crippen LogP contribution in [0, 0.1) is 18.8 Å². The average molecular weight is 287 g/mol. The van der Waals surface area contributed by atoms with Crippen LogP contribution < -0.4 is 0 Å². The largest absolute Gasteiger partial charge is 0.345 e. The number of fused-ring (bicyclic) bond motifs is 1. The molecule has 2 fully saturated rings. The van der Waals surface area contributed by atoms with Crippen LogP contribution >= 0.6 is 0 Å². The number of hydrogen-bond donors (Lipinski definition) is 0. The molecule has 0 radical (unpaired) electrons. The highest BCUT2D eigenvalue weighted by Gasteiger charge is 2.41. The van der Waals surface area contributed by atoms with E-state index >= 15 is 0 Å². The molecule has 1 saturated heterocycles. The van der Waals surface area contributed by atoms with Crippen molar-refractivity contribution in [2.24, 2.45) is 11.8 Å². The molecule has 1 aliphatic heterocycles. The second-order valence-corrected chi connectivity index (χ2v) is 6.81. The van der Waals surface area contributed by atoms with Gasteiger partial charge in [-0.25, -0.2) is 0 Å². The summed E-state index contributed by atoms with van der Waals surface area (Å²) in [4.78, 5) is 20.8. The van der Waals surface area contributed by atoms with Gasteiger partial charge in [-0.05, 0) is 50.8 Å². The summed E-state index contributed by atoms with van der Waals surface area (Å²) >= 11 is 0. The van der Waals surface area contributed by atoms with Gasteiger partial charge in [-0.1, -0.05) is 6.07 Å². The van der Waals surface area contributed by atoms with Crippen molar-refractivity contribution in [2.45, 2.75) is 38.8 Å². The Morgan fingerprint density at radius 3 is 2.86 bits per heavy atom.